The first-order valence-corrected chi connectivity index (χ1v) is 7.66. The van der Waals surface area contributed by atoms with Crippen molar-refractivity contribution >= 4 is 5.91 Å². The van der Waals surface area contributed by atoms with Gasteiger partial charge in [0.15, 0.2) is 0 Å². The molecule has 0 saturated carbocycles. The zero-order valence-corrected chi connectivity index (χ0v) is 14.2. The van der Waals surface area contributed by atoms with Gasteiger partial charge in [-0.1, -0.05) is 24.3 Å². The lowest BCUT2D eigenvalue weighted by Crippen LogP contribution is -2.35. The van der Waals surface area contributed by atoms with Gasteiger partial charge in [-0.3, -0.25) is 9.48 Å². The minimum absolute atomic E-state index is 0.0554. The number of hydrogen-bond acceptors (Lipinski definition) is 4. The highest BCUT2D eigenvalue weighted by atomic mass is 16.2. The van der Waals surface area contributed by atoms with Crippen molar-refractivity contribution in [3.05, 3.63) is 53.3 Å². The lowest BCUT2D eigenvalue weighted by Gasteiger charge is -2.17. The van der Waals surface area contributed by atoms with Crippen LogP contribution in [-0.4, -0.2) is 41.7 Å². The molecule has 1 amide bonds. The smallest absolute Gasteiger partial charge is 0.242 e. The molecule has 0 saturated heterocycles. The molecule has 6 nitrogen and oxygen atoms in total. The minimum Gasteiger partial charge on any atom is -0.350 e. The number of rotatable bonds is 7. The summed E-state index contributed by atoms with van der Waals surface area (Å²) < 4.78 is 1.69. The summed E-state index contributed by atoms with van der Waals surface area (Å²) in [5.41, 5.74) is 3.21. The number of amides is 1. The van der Waals surface area contributed by atoms with Gasteiger partial charge in [-0.2, -0.15) is 5.10 Å². The van der Waals surface area contributed by atoms with Crippen molar-refractivity contribution in [1.29, 1.82) is 0 Å². The van der Waals surface area contributed by atoms with E-state index in [-0.39, 0.29) is 5.91 Å². The molecule has 0 fully saturated rings. The third-order valence-corrected chi connectivity index (χ3v) is 3.67. The Morgan fingerprint density at radius 2 is 2.00 bits per heavy atom. The molecule has 1 aromatic carbocycles. The molecule has 0 bridgehead atoms. The summed E-state index contributed by atoms with van der Waals surface area (Å²) in [6.45, 7) is 1.37. The molecule has 0 aliphatic heterocycles. The normalized spacial score (nSPS) is 12.4. The van der Waals surface area contributed by atoms with Crippen LogP contribution in [0.4, 0.5) is 0 Å². The molecule has 23 heavy (non-hydrogen) atoms. The van der Waals surface area contributed by atoms with Gasteiger partial charge >= 0.3 is 0 Å². The lowest BCUT2D eigenvalue weighted by atomic mass is 10.1. The maximum Gasteiger partial charge on any atom is 0.242 e. The van der Waals surface area contributed by atoms with Gasteiger partial charge in [0.2, 0.25) is 5.91 Å². The molecule has 1 unspecified atom stereocenters. The Morgan fingerprint density at radius 3 is 2.57 bits per heavy atom. The molecular weight excluding hydrogens is 290 g/mol. The SMILES string of the molecule is CNC(C(=O)NCc1ccccc1CN(C)C)c1cnn(C)c1. The zero-order valence-electron chi connectivity index (χ0n) is 14.2. The van der Waals surface area contributed by atoms with E-state index in [0.717, 1.165) is 17.7 Å². The van der Waals surface area contributed by atoms with Gasteiger partial charge in [0, 0.05) is 31.9 Å². The number of hydrogen-bond donors (Lipinski definition) is 2. The van der Waals surface area contributed by atoms with Crippen LogP contribution >= 0.6 is 0 Å². The van der Waals surface area contributed by atoms with Crippen LogP contribution in [0.3, 0.4) is 0 Å². The number of aryl methyl sites for hydroxylation is 1. The van der Waals surface area contributed by atoms with Gasteiger partial charge in [0.25, 0.3) is 0 Å². The zero-order chi connectivity index (χ0) is 16.8. The first-order chi connectivity index (χ1) is 11.0. The fourth-order valence-corrected chi connectivity index (χ4v) is 2.55. The number of nitrogens with zero attached hydrogens (tertiary/aromatic N) is 3. The average Bonchev–Trinajstić information content (AvgIpc) is 2.93. The molecule has 1 heterocycles. The van der Waals surface area contributed by atoms with Crippen molar-refractivity contribution < 1.29 is 4.79 Å². The fraction of sp³-hybridized carbons (Fsp3) is 0.412. The number of likely N-dealkylation sites (N-methyl/N-ethyl adjacent to an activating group) is 1. The lowest BCUT2D eigenvalue weighted by molar-refractivity contribution is -0.123. The van der Waals surface area contributed by atoms with Gasteiger partial charge in [-0.05, 0) is 32.3 Å². The number of carbonyl (C=O) groups is 1. The largest absolute Gasteiger partial charge is 0.350 e. The van der Waals surface area contributed by atoms with Crippen LogP contribution < -0.4 is 10.6 Å². The summed E-state index contributed by atoms with van der Waals surface area (Å²) in [4.78, 5) is 14.6. The van der Waals surface area contributed by atoms with E-state index in [2.05, 4.69) is 32.8 Å². The van der Waals surface area contributed by atoms with Gasteiger partial charge < -0.3 is 15.5 Å². The number of nitrogens with one attached hydrogen (secondary N) is 2. The summed E-state index contributed by atoms with van der Waals surface area (Å²) in [6.07, 6.45) is 3.56. The van der Waals surface area contributed by atoms with Crippen molar-refractivity contribution in [3.63, 3.8) is 0 Å². The Morgan fingerprint density at radius 1 is 1.30 bits per heavy atom. The molecule has 0 aliphatic rings. The highest BCUT2D eigenvalue weighted by molar-refractivity contribution is 5.83. The van der Waals surface area contributed by atoms with Crippen molar-refractivity contribution in [2.45, 2.75) is 19.1 Å². The maximum absolute atomic E-state index is 12.5. The van der Waals surface area contributed by atoms with E-state index < -0.39 is 6.04 Å². The second-order valence-corrected chi connectivity index (χ2v) is 5.89. The predicted octanol–water partition coefficient (Wildman–Crippen LogP) is 1.06. The Bertz CT molecular complexity index is 650. The Kier molecular flexibility index (Phi) is 5.90. The molecule has 1 atom stereocenters. The van der Waals surface area contributed by atoms with E-state index >= 15 is 0 Å². The molecule has 0 spiro atoms. The Labute approximate surface area is 137 Å². The molecule has 124 valence electrons. The van der Waals surface area contributed by atoms with Crippen LogP contribution in [0.25, 0.3) is 0 Å². The van der Waals surface area contributed by atoms with Crippen molar-refractivity contribution in [2.24, 2.45) is 7.05 Å². The van der Waals surface area contributed by atoms with Crippen molar-refractivity contribution in [1.82, 2.24) is 25.3 Å². The molecule has 2 N–H and O–H groups in total. The molecule has 0 radical (unpaired) electrons. The predicted molar refractivity (Wildman–Crippen MR) is 90.7 cm³/mol. The minimum atomic E-state index is -0.398. The van der Waals surface area contributed by atoms with Gasteiger partial charge in [0.1, 0.15) is 6.04 Å². The molecule has 0 aliphatic carbocycles. The summed E-state index contributed by atoms with van der Waals surface area (Å²) in [6, 6.07) is 7.77. The molecule has 2 aromatic rings. The quantitative estimate of drug-likeness (QED) is 0.802. The summed E-state index contributed by atoms with van der Waals surface area (Å²) in [5, 5.41) is 10.2. The van der Waals surface area contributed by atoms with Crippen LogP contribution in [0.2, 0.25) is 0 Å². The van der Waals surface area contributed by atoms with Crippen LogP contribution in [0, 0.1) is 0 Å². The number of carbonyl (C=O) groups excluding carboxylic acids is 1. The van der Waals surface area contributed by atoms with Crippen molar-refractivity contribution in [3.8, 4) is 0 Å². The van der Waals surface area contributed by atoms with Crippen LogP contribution in [0.1, 0.15) is 22.7 Å². The first-order valence-electron chi connectivity index (χ1n) is 7.66. The highest BCUT2D eigenvalue weighted by Gasteiger charge is 2.20. The van der Waals surface area contributed by atoms with Gasteiger partial charge in [0.05, 0.1) is 6.20 Å². The van der Waals surface area contributed by atoms with E-state index in [9.17, 15) is 4.79 Å². The van der Waals surface area contributed by atoms with E-state index in [4.69, 9.17) is 0 Å². The van der Waals surface area contributed by atoms with Crippen LogP contribution in [-0.2, 0) is 24.9 Å². The Balaban J connectivity index is 2.03. The monoisotopic (exact) mass is 315 g/mol. The number of benzene rings is 1. The maximum atomic E-state index is 12.5. The van der Waals surface area contributed by atoms with Gasteiger partial charge in [-0.15, -0.1) is 0 Å². The molecular formula is C17H25N5O. The second-order valence-electron chi connectivity index (χ2n) is 5.89. The van der Waals surface area contributed by atoms with Crippen LogP contribution in [0.5, 0.6) is 0 Å². The average molecular weight is 315 g/mol. The highest BCUT2D eigenvalue weighted by Crippen LogP contribution is 2.13. The third-order valence-electron chi connectivity index (χ3n) is 3.67. The molecule has 1 aromatic heterocycles. The first kappa shape index (κ1) is 17.2. The van der Waals surface area contributed by atoms with Crippen LogP contribution in [0.15, 0.2) is 36.7 Å². The summed E-state index contributed by atoms with van der Waals surface area (Å²) >= 11 is 0. The second kappa shape index (κ2) is 7.89. The van der Waals surface area contributed by atoms with E-state index in [1.807, 2.05) is 39.5 Å². The molecule has 2 rings (SSSR count). The standard InChI is InChI=1S/C17H25N5O/c1-18-16(15-10-20-22(4)12-15)17(23)19-9-13-7-5-6-8-14(13)11-21(2)3/h5-8,10,12,16,18H,9,11H2,1-4H3,(H,19,23). The summed E-state index contributed by atoms with van der Waals surface area (Å²) in [5.74, 6) is -0.0554. The van der Waals surface area contributed by atoms with E-state index in [1.165, 1.54) is 5.56 Å². The molecule has 6 heteroatoms. The third kappa shape index (κ3) is 4.64. The van der Waals surface area contributed by atoms with Crippen molar-refractivity contribution in [2.75, 3.05) is 21.1 Å². The summed E-state index contributed by atoms with van der Waals surface area (Å²) in [7, 11) is 7.69. The van der Waals surface area contributed by atoms with Gasteiger partial charge in [-0.25, -0.2) is 0 Å². The van der Waals surface area contributed by atoms with E-state index in [0.29, 0.717) is 6.54 Å². The topological polar surface area (TPSA) is 62.2 Å². The Hall–Kier alpha value is -2.18. The number of aromatic nitrogens is 2. The van der Waals surface area contributed by atoms with E-state index in [1.54, 1.807) is 17.9 Å². The fourth-order valence-electron chi connectivity index (χ4n) is 2.55.